The molecule has 3 rings (SSSR count). The molecular formula is C14H25N3S. The maximum absolute atomic E-state index is 4.80. The SMILES string of the molecule is CC1CSC(NC2CCN3CCCC3C2)=NC1C. The molecule has 3 nitrogen and oxygen atoms in total. The smallest absolute Gasteiger partial charge is 0.157 e. The van der Waals surface area contributed by atoms with Gasteiger partial charge in [-0.25, -0.2) is 0 Å². The molecular weight excluding hydrogens is 242 g/mol. The van der Waals surface area contributed by atoms with Crippen molar-refractivity contribution >= 4 is 16.9 Å². The van der Waals surface area contributed by atoms with Crippen LogP contribution in [0.15, 0.2) is 4.99 Å². The molecule has 2 saturated heterocycles. The average Bonchev–Trinajstić information content (AvgIpc) is 2.81. The summed E-state index contributed by atoms with van der Waals surface area (Å²) in [5, 5.41) is 4.91. The zero-order valence-corrected chi connectivity index (χ0v) is 12.4. The normalized spacial score (nSPS) is 41.3. The molecule has 0 aliphatic carbocycles. The number of amidine groups is 1. The quantitative estimate of drug-likeness (QED) is 0.790. The third-order valence-electron chi connectivity index (χ3n) is 4.78. The van der Waals surface area contributed by atoms with Gasteiger partial charge in [-0.1, -0.05) is 18.7 Å². The summed E-state index contributed by atoms with van der Waals surface area (Å²) in [6.45, 7) is 7.16. The molecule has 0 radical (unpaired) electrons. The Bertz CT molecular complexity index is 331. The van der Waals surface area contributed by atoms with E-state index in [0.29, 0.717) is 12.1 Å². The monoisotopic (exact) mass is 267 g/mol. The van der Waals surface area contributed by atoms with E-state index in [2.05, 4.69) is 24.1 Å². The van der Waals surface area contributed by atoms with Gasteiger partial charge in [-0.05, 0) is 45.1 Å². The van der Waals surface area contributed by atoms with Crippen LogP contribution in [0.25, 0.3) is 0 Å². The molecule has 4 unspecified atom stereocenters. The van der Waals surface area contributed by atoms with Crippen molar-refractivity contribution in [3.63, 3.8) is 0 Å². The summed E-state index contributed by atoms with van der Waals surface area (Å²) in [6.07, 6.45) is 5.43. The van der Waals surface area contributed by atoms with E-state index in [4.69, 9.17) is 4.99 Å². The first kappa shape index (κ1) is 12.8. The molecule has 4 atom stereocenters. The largest absolute Gasteiger partial charge is 0.362 e. The number of aliphatic imine (C=N–C) groups is 1. The Hall–Kier alpha value is -0.220. The van der Waals surface area contributed by atoms with Crippen LogP contribution in [0, 0.1) is 5.92 Å². The molecule has 0 amide bonds. The lowest BCUT2D eigenvalue weighted by atomic mass is 9.98. The van der Waals surface area contributed by atoms with E-state index in [9.17, 15) is 0 Å². The number of hydrogen-bond acceptors (Lipinski definition) is 4. The van der Waals surface area contributed by atoms with Crippen molar-refractivity contribution in [3.05, 3.63) is 0 Å². The molecule has 2 fully saturated rings. The highest BCUT2D eigenvalue weighted by Gasteiger charge is 2.32. The van der Waals surface area contributed by atoms with Crippen molar-refractivity contribution in [2.45, 2.75) is 57.7 Å². The van der Waals surface area contributed by atoms with Crippen LogP contribution in [0.5, 0.6) is 0 Å². The molecule has 3 aliphatic rings. The van der Waals surface area contributed by atoms with E-state index < -0.39 is 0 Å². The number of rotatable bonds is 1. The van der Waals surface area contributed by atoms with Crippen LogP contribution in [0.1, 0.15) is 39.5 Å². The van der Waals surface area contributed by atoms with Gasteiger partial charge in [0.2, 0.25) is 0 Å². The van der Waals surface area contributed by atoms with E-state index in [1.807, 2.05) is 11.8 Å². The zero-order chi connectivity index (χ0) is 12.5. The summed E-state index contributed by atoms with van der Waals surface area (Å²) in [5.74, 6) is 1.94. The minimum atomic E-state index is 0.486. The first-order chi connectivity index (χ1) is 8.72. The molecule has 0 aromatic carbocycles. The van der Waals surface area contributed by atoms with Gasteiger partial charge in [-0.15, -0.1) is 0 Å². The van der Waals surface area contributed by atoms with Crippen molar-refractivity contribution in [2.75, 3.05) is 18.8 Å². The van der Waals surface area contributed by atoms with Crippen LogP contribution in [0.2, 0.25) is 0 Å². The van der Waals surface area contributed by atoms with Crippen molar-refractivity contribution in [2.24, 2.45) is 10.9 Å². The standard InChI is InChI=1S/C14H25N3S/c1-10-9-18-14(15-11(10)2)16-12-5-7-17-6-3-4-13(17)8-12/h10-13H,3-9H2,1-2H3,(H,15,16). The van der Waals surface area contributed by atoms with E-state index >= 15 is 0 Å². The summed E-state index contributed by atoms with van der Waals surface area (Å²) in [4.78, 5) is 7.48. The highest BCUT2D eigenvalue weighted by Crippen LogP contribution is 2.28. The molecule has 0 bridgehead atoms. The summed E-state index contributed by atoms with van der Waals surface area (Å²) in [6, 6.07) is 2.00. The fourth-order valence-electron chi connectivity index (χ4n) is 3.31. The maximum Gasteiger partial charge on any atom is 0.157 e. The van der Waals surface area contributed by atoms with Crippen LogP contribution < -0.4 is 5.32 Å². The number of hydrogen-bond donors (Lipinski definition) is 1. The molecule has 4 heteroatoms. The lowest BCUT2D eigenvalue weighted by Gasteiger charge is -2.36. The average molecular weight is 267 g/mol. The van der Waals surface area contributed by atoms with Gasteiger partial charge in [0.25, 0.3) is 0 Å². The Morgan fingerprint density at radius 3 is 3.00 bits per heavy atom. The van der Waals surface area contributed by atoms with Gasteiger partial charge in [0.15, 0.2) is 5.17 Å². The summed E-state index contributed by atoms with van der Waals surface area (Å²) in [7, 11) is 0. The minimum absolute atomic E-state index is 0.486. The highest BCUT2D eigenvalue weighted by molar-refractivity contribution is 8.13. The number of fused-ring (bicyclic) bond motifs is 1. The fourth-order valence-corrected chi connectivity index (χ4v) is 4.50. The van der Waals surface area contributed by atoms with Crippen LogP contribution >= 0.6 is 11.8 Å². The van der Waals surface area contributed by atoms with Gasteiger partial charge >= 0.3 is 0 Å². The fraction of sp³-hybridized carbons (Fsp3) is 0.929. The second kappa shape index (κ2) is 5.41. The molecule has 18 heavy (non-hydrogen) atoms. The lowest BCUT2D eigenvalue weighted by Crippen LogP contribution is -2.47. The Balaban J connectivity index is 1.55. The molecule has 1 N–H and O–H groups in total. The first-order valence-electron chi connectivity index (χ1n) is 7.43. The van der Waals surface area contributed by atoms with Gasteiger partial charge in [0.05, 0.1) is 6.04 Å². The third-order valence-corrected chi connectivity index (χ3v) is 5.96. The van der Waals surface area contributed by atoms with Crippen LogP contribution in [0.4, 0.5) is 0 Å². The Morgan fingerprint density at radius 2 is 2.17 bits per heavy atom. The zero-order valence-electron chi connectivity index (χ0n) is 11.6. The van der Waals surface area contributed by atoms with Crippen LogP contribution in [-0.2, 0) is 0 Å². The molecule has 0 spiro atoms. The number of nitrogens with one attached hydrogen (secondary N) is 1. The van der Waals surface area contributed by atoms with Gasteiger partial charge in [-0.3, -0.25) is 4.99 Å². The number of thioether (sulfide) groups is 1. The molecule has 0 saturated carbocycles. The van der Waals surface area contributed by atoms with Gasteiger partial charge in [0, 0.05) is 24.4 Å². The number of piperidine rings is 1. The van der Waals surface area contributed by atoms with Gasteiger partial charge in [-0.2, -0.15) is 0 Å². The molecule has 0 aromatic rings. The second-order valence-electron chi connectivity index (χ2n) is 6.16. The van der Waals surface area contributed by atoms with Crippen molar-refractivity contribution in [1.29, 1.82) is 0 Å². The predicted octanol–water partition coefficient (Wildman–Crippen LogP) is 2.33. The minimum Gasteiger partial charge on any atom is -0.362 e. The Labute approximate surface area is 115 Å². The number of nitrogens with zero attached hydrogens (tertiary/aromatic N) is 2. The lowest BCUT2D eigenvalue weighted by molar-refractivity contribution is 0.175. The maximum atomic E-state index is 4.80. The van der Waals surface area contributed by atoms with Crippen molar-refractivity contribution < 1.29 is 0 Å². The van der Waals surface area contributed by atoms with E-state index in [0.717, 1.165) is 12.0 Å². The molecule has 102 valence electrons. The first-order valence-corrected chi connectivity index (χ1v) is 8.42. The van der Waals surface area contributed by atoms with Crippen molar-refractivity contribution in [1.82, 2.24) is 10.2 Å². The predicted molar refractivity (Wildman–Crippen MR) is 79.3 cm³/mol. The highest BCUT2D eigenvalue weighted by atomic mass is 32.2. The molecule has 3 heterocycles. The van der Waals surface area contributed by atoms with Crippen LogP contribution in [0.3, 0.4) is 0 Å². The Morgan fingerprint density at radius 1 is 1.28 bits per heavy atom. The second-order valence-corrected chi connectivity index (χ2v) is 7.17. The summed E-state index contributed by atoms with van der Waals surface area (Å²) >= 11 is 1.92. The van der Waals surface area contributed by atoms with Gasteiger partial charge < -0.3 is 10.2 Å². The van der Waals surface area contributed by atoms with Gasteiger partial charge in [0.1, 0.15) is 0 Å². The Kier molecular flexibility index (Phi) is 3.85. The molecule has 3 aliphatic heterocycles. The topological polar surface area (TPSA) is 27.6 Å². The molecule has 0 aromatic heterocycles. The van der Waals surface area contributed by atoms with Crippen molar-refractivity contribution in [3.8, 4) is 0 Å². The summed E-state index contributed by atoms with van der Waals surface area (Å²) < 4.78 is 0. The third kappa shape index (κ3) is 2.69. The summed E-state index contributed by atoms with van der Waals surface area (Å²) in [5.41, 5.74) is 0. The van der Waals surface area contributed by atoms with E-state index in [-0.39, 0.29) is 0 Å². The van der Waals surface area contributed by atoms with Crippen LogP contribution in [-0.4, -0.2) is 47.0 Å². The van der Waals surface area contributed by atoms with E-state index in [1.165, 1.54) is 49.7 Å². The van der Waals surface area contributed by atoms with E-state index in [1.54, 1.807) is 0 Å².